The molecule has 0 aliphatic carbocycles. The lowest BCUT2D eigenvalue weighted by Crippen LogP contribution is -2.52. The van der Waals surface area contributed by atoms with Crippen LogP contribution >= 0.6 is 0 Å². The van der Waals surface area contributed by atoms with Crippen molar-refractivity contribution in [2.75, 3.05) is 46.3 Å². The van der Waals surface area contributed by atoms with E-state index in [4.69, 9.17) is 0 Å². The molecule has 2 fully saturated rings. The van der Waals surface area contributed by atoms with E-state index in [-0.39, 0.29) is 19.1 Å². The molecule has 8 heteroatoms. The molecule has 2 rings (SSSR count). The molecule has 2 atom stereocenters. The van der Waals surface area contributed by atoms with E-state index in [0.29, 0.717) is 0 Å². The van der Waals surface area contributed by atoms with Crippen molar-refractivity contribution in [2.45, 2.75) is 24.7 Å². The summed E-state index contributed by atoms with van der Waals surface area (Å²) in [5.41, 5.74) is 0. The van der Waals surface area contributed by atoms with E-state index in [0.717, 1.165) is 31.1 Å². The molecular weight excluding hydrogens is 275 g/mol. The second-order valence-corrected chi connectivity index (χ2v) is 5.56. The number of amides is 1. The third kappa shape index (κ3) is 3.83. The minimum absolute atomic E-state index is 0.00802. The number of hydrogen-bond acceptors (Lipinski definition) is 4. The van der Waals surface area contributed by atoms with Gasteiger partial charge in [-0.2, -0.15) is 13.2 Å². The third-order valence-electron chi connectivity index (χ3n) is 3.97. The fourth-order valence-electron chi connectivity index (χ4n) is 2.77. The fraction of sp³-hybridized carbons (Fsp3) is 0.917. The van der Waals surface area contributed by atoms with Gasteiger partial charge in [0.2, 0.25) is 5.91 Å². The Labute approximate surface area is 115 Å². The average molecular weight is 295 g/mol. The minimum Gasteiger partial charge on any atom is -0.390 e. The van der Waals surface area contributed by atoms with Crippen molar-refractivity contribution in [3.63, 3.8) is 0 Å². The summed E-state index contributed by atoms with van der Waals surface area (Å²) in [6.07, 6.45) is -6.71. The highest BCUT2D eigenvalue weighted by molar-refractivity contribution is 5.77. The molecule has 2 aliphatic rings. The molecular formula is C12H20F3N3O2. The van der Waals surface area contributed by atoms with E-state index < -0.39 is 24.6 Å². The molecule has 1 N–H and O–H groups in total. The first-order chi connectivity index (χ1) is 9.26. The monoisotopic (exact) mass is 295 g/mol. The van der Waals surface area contributed by atoms with Crippen LogP contribution in [0.1, 0.15) is 6.42 Å². The topological polar surface area (TPSA) is 47.0 Å². The van der Waals surface area contributed by atoms with Gasteiger partial charge in [0, 0.05) is 39.3 Å². The van der Waals surface area contributed by atoms with Crippen LogP contribution in [0.2, 0.25) is 0 Å². The molecule has 0 unspecified atom stereocenters. The molecule has 5 nitrogen and oxygen atoms in total. The molecule has 2 aliphatic heterocycles. The van der Waals surface area contributed by atoms with Gasteiger partial charge >= 0.3 is 6.18 Å². The standard InChI is InChI=1S/C12H20F3N3O2/c1-16-2-4-17(5-3-16)9-7-18(8-10(9)19)11(20)6-12(13,14)15/h9-10,19H,2-8H2,1H3/t9-,10-/m1/s1. The summed E-state index contributed by atoms with van der Waals surface area (Å²) in [5.74, 6) is -0.951. The first-order valence-electron chi connectivity index (χ1n) is 6.71. The fourth-order valence-corrected chi connectivity index (χ4v) is 2.77. The van der Waals surface area contributed by atoms with Crippen LogP contribution in [0, 0.1) is 0 Å². The van der Waals surface area contributed by atoms with Crippen LogP contribution in [0.5, 0.6) is 0 Å². The second-order valence-electron chi connectivity index (χ2n) is 5.56. The molecule has 0 aromatic carbocycles. The number of likely N-dealkylation sites (N-methyl/N-ethyl adjacent to an activating group) is 1. The van der Waals surface area contributed by atoms with Crippen LogP contribution in [0.4, 0.5) is 13.2 Å². The van der Waals surface area contributed by atoms with Gasteiger partial charge < -0.3 is 14.9 Å². The Morgan fingerprint density at radius 2 is 1.80 bits per heavy atom. The largest absolute Gasteiger partial charge is 0.397 e. The van der Waals surface area contributed by atoms with Gasteiger partial charge in [-0.1, -0.05) is 0 Å². The highest BCUT2D eigenvalue weighted by Gasteiger charge is 2.41. The normalized spacial score (nSPS) is 29.9. The maximum atomic E-state index is 12.2. The Morgan fingerprint density at radius 1 is 1.20 bits per heavy atom. The predicted octanol–water partition coefficient (Wildman–Crippen LogP) is -0.242. The van der Waals surface area contributed by atoms with Crippen LogP contribution in [0.15, 0.2) is 0 Å². The summed E-state index contributed by atoms with van der Waals surface area (Å²) in [7, 11) is 2.00. The van der Waals surface area contributed by atoms with Crippen LogP contribution in [0.3, 0.4) is 0 Å². The zero-order valence-corrected chi connectivity index (χ0v) is 11.4. The minimum atomic E-state index is -4.49. The maximum absolute atomic E-state index is 12.2. The second kappa shape index (κ2) is 5.87. The van der Waals surface area contributed by atoms with E-state index in [1.807, 2.05) is 7.05 Å². The van der Waals surface area contributed by atoms with Crippen molar-refractivity contribution >= 4 is 5.91 Å². The molecule has 0 radical (unpaired) electrons. The number of rotatable bonds is 2. The van der Waals surface area contributed by atoms with Crippen LogP contribution < -0.4 is 0 Å². The molecule has 2 saturated heterocycles. The molecule has 1 amide bonds. The number of nitrogens with zero attached hydrogens (tertiary/aromatic N) is 3. The lowest BCUT2D eigenvalue weighted by Gasteiger charge is -2.37. The van der Waals surface area contributed by atoms with Gasteiger partial charge in [0.25, 0.3) is 0 Å². The summed E-state index contributed by atoms with van der Waals surface area (Å²) in [4.78, 5) is 16.9. The smallest absolute Gasteiger partial charge is 0.390 e. The molecule has 0 aromatic rings. The summed E-state index contributed by atoms with van der Waals surface area (Å²) < 4.78 is 36.7. The molecule has 0 spiro atoms. The lowest BCUT2D eigenvalue weighted by atomic mass is 10.1. The van der Waals surface area contributed by atoms with E-state index in [2.05, 4.69) is 9.80 Å². The summed E-state index contributed by atoms with van der Waals surface area (Å²) in [6, 6.07) is -0.249. The van der Waals surface area contributed by atoms with Crippen molar-refractivity contribution in [2.24, 2.45) is 0 Å². The summed E-state index contributed by atoms with van der Waals surface area (Å²) >= 11 is 0. The zero-order chi connectivity index (χ0) is 14.9. The lowest BCUT2D eigenvalue weighted by molar-refractivity contribution is -0.160. The molecule has 0 saturated carbocycles. The van der Waals surface area contributed by atoms with E-state index in [1.165, 1.54) is 0 Å². The van der Waals surface area contributed by atoms with Crippen LogP contribution in [-0.2, 0) is 4.79 Å². The Hall–Kier alpha value is -0.860. The molecule has 2 heterocycles. The number of carbonyl (C=O) groups is 1. The van der Waals surface area contributed by atoms with Crippen LogP contribution in [-0.4, -0.2) is 90.4 Å². The number of likely N-dealkylation sites (tertiary alicyclic amines) is 1. The van der Waals surface area contributed by atoms with E-state index >= 15 is 0 Å². The number of β-amino-alcohol motifs (C(OH)–C–C–N with tert-alkyl or cyclic N) is 1. The highest BCUT2D eigenvalue weighted by Crippen LogP contribution is 2.24. The number of alkyl halides is 3. The van der Waals surface area contributed by atoms with Crippen molar-refractivity contribution in [3.8, 4) is 0 Å². The molecule has 0 bridgehead atoms. The van der Waals surface area contributed by atoms with E-state index in [9.17, 15) is 23.1 Å². The van der Waals surface area contributed by atoms with Crippen molar-refractivity contribution in [1.29, 1.82) is 0 Å². The third-order valence-corrected chi connectivity index (χ3v) is 3.97. The first kappa shape index (κ1) is 15.5. The van der Waals surface area contributed by atoms with Gasteiger partial charge in [-0.15, -0.1) is 0 Å². The Bertz CT molecular complexity index is 356. The van der Waals surface area contributed by atoms with Gasteiger partial charge in [0.1, 0.15) is 6.42 Å². The van der Waals surface area contributed by atoms with Crippen LogP contribution in [0.25, 0.3) is 0 Å². The number of carbonyl (C=O) groups excluding carboxylic acids is 1. The average Bonchev–Trinajstić information content (AvgIpc) is 2.70. The Kier molecular flexibility index (Phi) is 4.55. The quantitative estimate of drug-likeness (QED) is 0.764. The van der Waals surface area contributed by atoms with Gasteiger partial charge in [0.15, 0.2) is 0 Å². The summed E-state index contributed by atoms with van der Waals surface area (Å²) in [5, 5.41) is 9.99. The number of piperazine rings is 1. The summed E-state index contributed by atoms with van der Waals surface area (Å²) in [6.45, 7) is 3.42. The molecule has 20 heavy (non-hydrogen) atoms. The Morgan fingerprint density at radius 3 is 2.35 bits per heavy atom. The van der Waals surface area contributed by atoms with Gasteiger partial charge in [0.05, 0.1) is 12.1 Å². The number of halogens is 3. The SMILES string of the molecule is CN1CCN([C@@H]2CN(C(=O)CC(F)(F)F)C[C@H]2O)CC1. The van der Waals surface area contributed by atoms with Gasteiger partial charge in [-0.25, -0.2) is 0 Å². The van der Waals surface area contributed by atoms with Crippen molar-refractivity contribution < 1.29 is 23.1 Å². The Balaban J connectivity index is 1.90. The van der Waals surface area contributed by atoms with Gasteiger partial charge in [-0.05, 0) is 7.05 Å². The highest BCUT2D eigenvalue weighted by atomic mass is 19.4. The number of aliphatic hydroxyl groups excluding tert-OH is 1. The van der Waals surface area contributed by atoms with E-state index in [1.54, 1.807) is 0 Å². The molecule has 116 valence electrons. The van der Waals surface area contributed by atoms with Gasteiger partial charge in [-0.3, -0.25) is 9.69 Å². The first-order valence-corrected chi connectivity index (χ1v) is 6.71. The zero-order valence-electron chi connectivity index (χ0n) is 11.4. The number of aliphatic hydroxyl groups is 1. The van der Waals surface area contributed by atoms with Crippen molar-refractivity contribution in [3.05, 3.63) is 0 Å². The number of hydrogen-bond donors (Lipinski definition) is 1. The molecule has 0 aromatic heterocycles. The maximum Gasteiger partial charge on any atom is 0.397 e. The predicted molar refractivity (Wildman–Crippen MR) is 66.1 cm³/mol. The van der Waals surface area contributed by atoms with Crippen molar-refractivity contribution in [1.82, 2.24) is 14.7 Å².